The minimum Gasteiger partial charge on any atom is -0.456 e. The van der Waals surface area contributed by atoms with Crippen LogP contribution in [-0.2, 0) is 6.42 Å². The lowest BCUT2D eigenvalue weighted by molar-refractivity contribution is 0.0749. The van der Waals surface area contributed by atoms with Gasteiger partial charge in [0, 0.05) is 30.0 Å². The molecular weight excluding hydrogens is 296 g/mol. The molecule has 0 bridgehead atoms. The van der Waals surface area contributed by atoms with E-state index < -0.39 is 0 Å². The molecule has 118 valence electrons. The van der Waals surface area contributed by atoms with Crippen molar-refractivity contribution in [2.45, 2.75) is 46.0 Å². The van der Waals surface area contributed by atoms with E-state index in [0.29, 0.717) is 18.2 Å². The van der Waals surface area contributed by atoms with Gasteiger partial charge in [-0.05, 0) is 46.1 Å². The Bertz CT molecular complexity index is 702. The predicted octanol–water partition coefficient (Wildman–Crippen LogP) is 3.85. The average molecular weight is 318 g/mol. The van der Waals surface area contributed by atoms with Crippen LogP contribution in [0.2, 0.25) is 0 Å². The van der Waals surface area contributed by atoms with Crippen molar-refractivity contribution in [1.29, 1.82) is 0 Å². The van der Waals surface area contributed by atoms with Gasteiger partial charge in [0.1, 0.15) is 5.76 Å². The molecule has 3 rings (SSSR count). The highest BCUT2D eigenvalue weighted by molar-refractivity contribution is 7.11. The van der Waals surface area contributed by atoms with Gasteiger partial charge in [-0.25, -0.2) is 4.98 Å². The molecule has 0 aliphatic heterocycles. The van der Waals surface area contributed by atoms with E-state index in [9.17, 15) is 4.79 Å². The zero-order valence-corrected chi connectivity index (χ0v) is 14.4. The van der Waals surface area contributed by atoms with Crippen LogP contribution in [0.3, 0.4) is 0 Å². The molecule has 0 N–H and O–H groups in total. The molecule has 0 fully saturated rings. The van der Waals surface area contributed by atoms with E-state index in [1.807, 2.05) is 27.0 Å². The number of hydrogen-bond acceptors (Lipinski definition) is 4. The molecule has 2 heterocycles. The third-order valence-corrected chi connectivity index (χ3v) is 5.30. The first-order valence-electron chi connectivity index (χ1n) is 7.74. The number of aryl methyl sites for hydroxylation is 4. The highest BCUT2D eigenvalue weighted by atomic mass is 32.1. The maximum Gasteiger partial charge on any atom is 0.289 e. The van der Waals surface area contributed by atoms with Gasteiger partial charge in [0.2, 0.25) is 0 Å². The first kappa shape index (κ1) is 15.3. The Morgan fingerprint density at radius 3 is 2.91 bits per heavy atom. The number of fused-ring (bicyclic) bond motifs is 1. The number of aromatic nitrogens is 1. The molecule has 1 aliphatic carbocycles. The average Bonchev–Trinajstić information content (AvgIpc) is 3.00. The molecule has 0 spiro atoms. The molecule has 22 heavy (non-hydrogen) atoms. The standard InChI is InChI=1S/C17H22N2O2S/c1-10-8-11(2)21-16(10)17(20)19(4)9-13-6-5-7-14-15(13)18-12(3)22-14/h8,13H,5-7,9H2,1-4H3/t13-/m0/s1. The number of furan rings is 1. The summed E-state index contributed by atoms with van der Waals surface area (Å²) in [5.74, 6) is 1.55. The van der Waals surface area contributed by atoms with Gasteiger partial charge in [-0.1, -0.05) is 0 Å². The van der Waals surface area contributed by atoms with E-state index in [-0.39, 0.29) is 5.91 Å². The normalized spacial score (nSPS) is 17.4. The molecular formula is C17H22N2O2S. The van der Waals surface area contributed by atoms with E-state index in [4.69, 9.17) is 9.40 Å². The summed E-state index contributed by atoms with van der Waals surface area (Å²) in [5, 5.41) is 1.13. The van der Waals surface area contributed by atoms with Crippen LogP contribution in [0.25, 0.3) is 0 Å². The summed E-state index contributed by atoms with van der Waals surface area (Å²) in [5.41, 5.74) is 2.11. The van der Waals surface area contributed by atoms with Crippen molar-refractivity contribution >= 4 is 17.2 Å². The second-order valence-corrected chi connectivity index (χ2v) is 7.47. The number of rotatable bonds is 3. The quantitative estimate of drug-likeness (QED) is 0.863. The van der Waals surface area contributed by atoms with Crippen molar-refractivity contribution < 1.29 is 9.21 Å². The van der Waals surface area contributed by atoms with Crippen LogP contribution < -0.4 is 0 Å². The summed E-state index contributed by atoms with van der Waals surface area (Å²) in [6, 6.07) is 1.91. The van der Waals surface area contributed by atoms with Crippen LogP contribution in [0.4, 0.5) is 0 Å². The fourth-order valence-corrected chi connectivity index (χ4v) is 4.31. The summed E-state index contributed by atoms with van der Waals surface area (Å²) >= 11 is 1.80. The molecule has 0 saturated carbocycles. The Morgan fingerprint density at radius 1 is 1.45 bits per heavy atom. The number of likely N-dealkylation sites (N-methyl/N-ethyl adjacent to an activating group) is 1. The van der Waals surface area contributed by atoms with Crippen LogP contribution in [0, 0.1) is 20.8 Å². The smallest absolute Gasteiger partial charge is 0.289 e. The molecule has 4 nitrogen and oxygen atoms in total. The van der Waals surface area contributed by atoms with Gasteiger partial charge in [-0.2, -0.15) is 0 Å². The van der Waals surface area contributed by atoms with Gasteiger partial charge in [0.05, 0.1) is 10.7 Å². The monoisotopic (exact) mass is 318 g/mol. The van der Waals surface area contributed by atoms with E-state index in [2.05, 4.69) is 6.92 Å². The third-order valence-electron chi connectivity index (χ3n) is 4.25. The first-order valence-corrected chi connectivity index (χ1v) is 8.56. The number of hydrogen-bond donors (Lipinski definition) is 0. The zero-order valence-electron chi connectivity index (χ0n) is 13.6. The van der Waals surface area contributed by atoms with E-state index >= 15 is 0 Å². The highest BCUT2D eigenvalue weighted by Gasteiger charge is 2.28. The summed E-state index contributed by atoms with van der Waals surface area (Å²) in [6.45, 7) is 6.55. The topological polar surface area (TPSA) is 46.3 Å². The van der Waals surface area contributed by atoms with Crippen molar-refractivity contribution in [3.8, 4) is 0 Å². The Labute approximate surface area is 135 Å². The number of carbonyl (C=O) groups excluding carboxylic acids is 1. The fraction of sp³-hybridized carbons (Fsp3) is 0.529. The predicted molar refractivity (Wildman–Crippen MR) is 87.7 cm³/mol. The van der Waals surface area contributed by atoms with Gasteiger partial charge in [-0.3, -0.25) is 4.79 Å². The summed E-state index contributed by atoms with van der Waals surface area (Å²) in [6.07, 6.45) is 3.41. The van der Waals surface area contributed by atoms with E-state index in [0.717, 1.165) is 29.2 Å². The van der Waals surface area contributed by atoms with Gasteiger partial charge >= 0.3 is 0 Å². The maximum atomic E-state index is 12.6. The highest BCUT2D eigenvalue weighted by Crippen LogP contribution is 2.35. The zero-order chi connectivity index (χ0) is 15.9. The molecule has 0 aromatic carbocycles. The minimum absolute atomic E-state index is 0.0373. The van der Waals surface area contributed by atoms with Crippen LogP contribution >= 0.6 is 11.3 Å². The minimum atomic E-state index is -0.0373. The third kappa shape index (κ3) is 2.82. The molecule has 1 atom stereocenters. The Balaban J connectivity index is 1.76. The van der Waals surface area contributed by atoms with Crippen LogP contribution in [-0.4, -0.2) is 29.4 Å². The molecule has 1 aliphatic rings. The van der Waals surface area contributed by atoms with E-state index in [1.54, 1.807) is 16.2 Å². The van der Waals surface area contributed by atoms with Crippen LogP contribution in [0.5, 0.6) is 0 Å². The molecule has 0 saturated heterocycles. The Kier molecular flexibility index (Phi) is 4.08. The Hall–Kier alpha value is -1.62. The summed E-state index contributed by atoms with van der Waals surface area (Å²) in [4.78, 5) is 20.5. The molecule has 1 amide bonds. The van der Waals surface area contributed by atoms with Crippen LogP contribution in [0.1, 0.15) is 56.2 Å². The van der Waals surface area contributed by atoms with Crippen molar-refractivity contribution in [3.05, 3.63) is 38.7 Å². The summed E-state index contributed by atoms with van der Waals surface area (Å²) in [7, 11) is 1.85. The Morgan fingerprint density at radius 2 is 2.23 bits per heavy atom. The SMILES string of the molecule is Cc1cc(C)c(C(=O)N(C)C[C@@H]2CCCc3sc(C)nc32)o1. The van der Waals surface area contributed by atoms with Gasteiger partial charge in [-0.15, -0.1) is 11.3 Å². The molecule has 2 aromatic rings. The number of carbonyl (C=O) groups is 1. The maximum absolute atomic E-state index is 12.6. The molecule has 0 unspecified atom stereocenters. The van der Waals surface area contributed by atoms with Crippen molar-refractivity contribution in [2.75, 3.05) is 13.6 Å². The fourth-order valence-electron chi connectivity index (χ4n) is 3.25. The van der Waals surface area contributed by atoms with Crippen molar-refractivity contribution in [1.82, 2.24) is 9.88 Å². The number of nitrogens with zero attached hydrogens (tertiary/aromatic N) is 2. The molecule has 5 heteroatoms. The van der Waals surface area contributed by atoms with Gasteiger partial charge in [0.25, 0.3) is 5.91 Å². The first-order chi connectivity index (χ1) is 10.5. The van der Waals surface area contributed by atoms with Crippen molar-refractivity contribution in [3.63, 3.8) is 0 Å². The van der Waals surface area contributed by atoms with Gasteiger partial charge in [0.15, 0.2) is 5.76 Å². The lowest BCUT2D eigenvalue weighted by Crippen LogP contribution is -2.32. The summed E-state index contributed by atoms with van der Waals surface area (Å²) < 4.78 is 5.56. The van der Waals surface area contributed by atoms with Crippen molar-refractivity contribution in [2.24, 2.45) is 0 Å². The second kappa shape index (κ2) is 5.88. The number of amides is 1. The van der Waals surface area contributed by atoms with Gasteiger partial charge < -0.3 is 9.32 Å². The number of thiazole rings is 1. The second-order valence-electron chi connectivity index (χ2n) is 6.19. The lowest BCUT2D eigenvalue weighted by atomic mass is 9.90. The van der Waals surface area contributed by atoms with E-state index in [1.165, 1.54) is 17.0 Å². The van der Waals surface area contributed by atoms with Crippen LogP contribution in [0.15, 0.2) is 10.5 Å². The molecule has 2 aromatic heterocycles. The largest absolute Gasteiger partial charge is 0.456 e. The lowest BCUT2D eigenvalue weighted by Gasteiger charge is -2.26. The molecule has 0 radical (unpaired) electrons.